The number of aromatic hydroxyl groups is 1. The Kier molecular flexibility index (Phi) is 6.21. The van der Waals surface area contributed by atoms with E-state index in [1.807, 2.05) is 0 Å². The summed E-state index contributed by atoms with van der Waals surface area (Å²) in [6.07, 6.45) is 1.65. The second-order valence-corrected chi connectivity index (χ2v) is 5.69. The summed E-state index contributed by atoms with van der Waals surface area (Å²) < 4.78 is 0. The number of rotatable bonds is 6. The van der Waals surface area contributed by atoms with E-state index in [0.717, 1.165) is 26.2 Å². The Balaban J connectivity index is 1.78. The molecule has 1 aromatic carbocycles. The van der Waals surface area contributed by atoms with Crippen LogP contribution in [0.25, 0.3) is 0 Å². The second-order valence-electron chi connectivity index (χ2n) is 5.69. The lowest BCUT2D eigenvalue weighted by atomic mass is 10.2. The number of nitro benzene ring substituents is 1. The topological polar surface area (TPSA) is 111 Å². The normalized spacial score (nSPS) is 16.4. The number of carbonyl (C=O) groups is 1. The molecule has 0 unspecified atom stereocenters. The highest BCUT2D eigenvalue weighted by Gasteiger charge is 2.15. The minimum atomic E-state index is -0.679. The van der Waals surface area contributed by atoms with Gasteiger partial charge in [-0.2, -0.15) is 5.10 Å². The van der Waals surface area contributed by atoms with Gasteiger partial charge in [-0.1, -0.05) is 0 Å². The number of nitrogens with one attached hydrogen (secondary N) is 1. The third-order valence-electron chi connectivity index (χ3n) is 3.85. The van der Waals surface area contributed by atoms with Gasteiger partial charge in [0.15, 0.2) is 5.75 Å². The fraction of sp³-hybridized carbons (Fsp3) is 0.467. The number of phenolic OH excluding ortho intramolecular Hbond substituents is 1. The maximum absolute atomic E-state index is 11.8. The minimum Gasteiger partial charge on any atom is -0.502 e. The number of carbonyl (C=O) groups excluding carboxylic acids is 1. The number of amides is 1. The summed E-state index contributed by atoms with van der Waals surface area (Å²) in [4.78, 5) is 26.3. The van der Waals surface area contributed by atoms with Gasteiger partial charge in [-0.05, 0) is 19.2 Å². The molecule has 2 rings (SSSR count). The molecule has 24 heavy (non-hydrogen) atoms. The van der Waals surface area contributed by atoms with E-state index in [2.05, 4.69) is 27.4 Å². The number of hydrogen-bond acceptors (Lipinski definition) is 7. The Morgan fingerprint density at radius 1 is 1.42 bits per heavy atom. The summed E-state index contributed by atoms with van der Waals surface area (Å²) in [5, 5.41) is 23.9. The van der Waals surface area contributed by atoms with Gasteiger partial charge in [0.25, 0.3) is 0 Å². The molecule has 1 amide bonds. The van der Waals surface area contributed by atoms with E-state index in [9.17, 15) is 20.0 Å². The van der Waals surface area contributed by atoms with Crippen molar-refractivity contribution in [3.8, 4) is 5.75 Å². The standard InChI is InChI=1S/C15H21N5O4/c1-18-6-8-19(9-7-18)5-4-15(22)17-16-11-12-2-3-14(21)13(10-12)20(23)24/h2-3,10-11,21H,4-9H2,1H3,(H,17,22)/b16-11-. The lowest BCUT2D eigenvalue weighted by Gasteiger charge is -2.32. The largest absolute Gasteiger partial charge is 0.502 e. The molecule has 1 fully saturated rings. The molecule has 0 atom stereocenters. The summed E-state index contributed by atoms with van der Waals surface area (Å²) in [5.41, 5.74) is 2.42. The molecule has 1 aliphatic heterocycles. The van der Waals surface area contributed by atoms with Crippen LogP contribution >= 0.6 is 0 Å². The lowest BCUT2D eigenvalue weighted by molar-refractivity contribution is -0.385. The molecular formula is C15H21N5O4. The number of nitrogens with zero attached hydrogens (tertiary/aromatic N) is 4. The van der Waals surface area contributed by atoms with Gasteiger partial charge < -0.3 is 14.9 Å². The van der Waals surface area contributed by atoms with Crippen LogP contribution in [0.4, 0.5) is 5.69 Å². The molecule has 1 saturated heterocycles. The van der Waals surface area contributed by atoms with Crippen molar-refractivity contribution in [3.63, 3.8) is 0 Å². The first kappa shape index (κ1) is 17.8. The predicted octanol–water partition coefficient (Wildman–Crippen LogP) is 0.388. The van der Waals surface area contributed by atoms with Gasteiger partial charge in [-0.25, -0.2) is 5.43 Å². The minimum absolute atomic E-state index is 0.210. The number of phenols is 1. The van der Waals surface area contributed by atoms with E-state index in [1.54, 1.807) is 0 Å². The Morgan fingerprint density at radius 3 is 2.79 bits per heavy atom. The van der Waals surface area contributed by atoms with Gasteiger partial charge in [0.05, 0.1) is 11.1 Å². The zero-order chi connectivity index (χ0) is 17.5. The number of piperazine rings is 1. The highest BCUT2D eigenvalue weighted by Crippen LogP contribution is 2.25. The molecule has 1 heterocycles. The molecule has 1 aliphatic rings. The Hall–Kier alpha value is -2.52. The average molecular weight is 335 g/mol. The summed E-state index contributed by atoms with van der Waals surface area (Å²) >= 11 is 0. The van der Waals surface area contributed by atoms with E-state index in [1.165, 1.54) is 24.4 Å². The van der Waals surface area contributed by atoms with Crippen LogP contribution in [0.1, 0.15) is 12.0 Å². The van der Waals surface area contributed by atoms with E-state index in [-0.39, 0.29) is 5.91 Å². The SMILES string of the molecule is CN1CCN(CCC(=O)N/N=C\c2ccc(O)c([N+](=O)[O-])c2)CC1. The van der Waals surface area contributed by atoms with Crippen molar-refractivity contribution < 1.29 is 14.8 Å². The van der Waals surface area contributed by atoms with E-state index < -0.39 is 16.4 Å². The number of hydrazone groups is 1. The van der Waals surface area contributed by atoms with Crippen LogP contribution in [0.3, 0.4) is 0 Å². The van der Waals surface area contributed by atoms with Crippen molar-refractivity contribution >= 4 is 17.8 Å². The zero-order valence-electron chi connectivity index (χ0n) is 13.5. The molecule has 0 spiro atoms. The quantitative estimate of drug-likeness (QED) is 0.442. The molecule has 130 valence electrons. The maximum atomic E-state index is 11.8. The van der Waals surface area contributed by atoms with Crippen LogP contribution in [0.5, 0.6) is 5.75 Å². The molecule has 2 N–H and O–H groups in total. The van der Waals surface area contributed by atoms with E-state index >= 15 is 0 Å². The lowest BCUT2D eigenvalue weighted by Crippen LogP contribution is -2.45. The van der Waals surface area contributed by atoms with Gasteiger partial charge in [0.2, 0.25) is 5.91 Å². The number of likely N-dealkylation sites (N-methyl/N-ethyl adjacent to an activating group) is 1. The molecule has 0 saturated carbocycles. The van der Waals surface area contributed by atoms with Crippen LogP contribution < -0.4 is 5.43 Å². The van der Waals surface area contributed by atoms with Crippen molar-refractivity contribution in [1.82, 2.24) is 15.2 Å². The first-order chi connectivity index (χ1) is 11.5. The molecular weight excluding hydrogens is 314 g/mol. The van der Waals surface area contributed by atoms with Gasteiger partial charge in [-0.15, -0.1) is 0 Å². The fourth-order valence-corrected chi connectivity index (χ4v) is 2.33. The molecule has 9 nitrogen and oxygen atoms in total. The average Bonchev–Trinajstić information content (AvgIpc) is 2.55. The van der Waals surface area contributed by atoms with Gasteiger partial charge in [0, 0.05) is 50.8 Å². The Morgan fingerprint density at radius 2 is 2.12 bits per heavy atom. The van der Waals surface area contributed by atoms with E-state index in [0.29, 0.717) is 18.5 Å². The number of benzene rings is 1. The van der Waals surface area contributed by atoms with Crippen molar-refractivity contribution in [1.29, 1.82) is 0 Å². The number of hydrogen-bond donors (Lipinski definition) is 2. The first-order valence-electron chi connectivity index (χ1n) is 7.66. The van der Waals surface area contributed by atoms with Crippen molar-refractivity contribution in [2.45, 2.75) is 6.42 Å². The van der Waals surface area contributed by atoms with E-state index in [4.69, 9.17) is 0 Å². The Labute approximate surface area is 139 Å². The third-order valence-corrected chi connectivity index (χ3v) is 3.85. The summed E-state index contributed by atoms with van der Waals surface area (Å²) in [6, 6.07) is 3.88. The van der Waals surface area contributed by atoms with Crippen LogP contribution in [0, 0.1) is 10.1 Å². The molecule has 0 aromatic heterocycles. The first-order valence-corrected chi connectivity index (χ1v) is 7.66. The highest BCUT2D eigenvalue weighted by molar-refractivity contribution is 5.83. The van der Waals surface area contributed by atoms with Crippen LogP contribution in [0.2, 0.25) is 0 Å². The van der Waals surface area contributed by atoms with Crippen molar-refractivity contribution in [3.05, 3.63) is 33.9 Å². The summed E-state index contributed by atoms with van der Waals surface area (Å²) in [6.45, 7) is 4.58. The molecule has 0 bridgehead atoms. The van der Waals surface area contributed by atoms with Crippen molar-refractivity contribution in [2.75, 3.05) is 39.8 Å². The number of nitro groups is 1. The second kappa shape index (κ2) is 8.37. The van der Waals surface area contributed by atoms with Crippen LogP contribution in [0.15, 0.2) is 23.3 Å². The predicted molar refractivity (Wildman–Crippen MR) is 89.1 cm³/mol. The van der Waals surface area contributed by atoms with Crippen molar-refractivity contribution in [2.24, 2.45) is 5.10 Å². The maximum Gasteiger partial charge on any atom is 0.311 e. The third kappa shape index (κ3) is 5.28. The molecule has 0 radical (unpaired) electrons. The van der Waals surface area contributed by atoms with Gasteiger partial charge in [0.1, 0.15) is 0 Å². The summed E-state index contributed by atoms with van der Waals surface area (Å²) in [7, 11) is 2.08. The Bertz CT molecular complexity index is 626. The summed E-state index contributed by atoms with van der Waals surface area (Å²) in [5.74, 6) is -0.619. The molecule has 0 aliphatic carbocycles. The molecule has 9 heteroatoms. The van der Waals surface area contributed by atoms with Crippen LogP contribution in [-0.4, -0.2) is 71.7 Å². The van der Waals surface area contributed by atoms with Gasteiger partial charge in [-0.3, -0.25) is 14.9 Å². The highest BCUT2D eigenvalue weighted by atomic mass is 16.6. The van der Waals surface area contributed by atoms with Gasteiger partial charge >= 0.3 is 5.69 Å². The zero-order valence-corrected chi connectivity index (χ0v) is 13.5. The molecule has 1 aromatic rings. The fourth-order valence-electron chi connectivity index (χ4n) is 2.33. The monoisotopic (exact) mass is 335 g/mol. The smallest absolute Gasteiger partial charge is 0.311 e. The van der Waals surface area contributed by atoms with Crippen LogP contribution in [-0.2, 0) is 4.79 Å².